The number of benzene rings is 1. The predicted octanol–water partition coefficient (Wildman–Crippen LogP) is 2.08. The van der Waals surface area contributed by atoms with Crippen LogP contribution in [0.25, 0.3) is 0 Å². The molecule has 0 aromatic heterocycles. The molecule has 1 aromatic carbocycles. The predicted molar refractivity (Wildman–Crippen MR) is 100 cm³/mol. The van der Waals surface area contributed by atoms with Gasteiger partial charge in [0.2, 0.25) is 5.91 Å². The van der Waals surface area contributed by atoms with E-state index in [-0.39, 0.29) is 11.9 Å². The monoisotopic (exact) mass is 345 g/mol. The quantitative estimate of drug-likeness (QED) is 0.887. The summed E-state index contributed by atoms with van der Waals surface area (Å²) in [6.45, 7) is 8.56. The Kier molecular flexibility index (Phi) is 5.97. The maximum Gasteiger partial charge on any atom is 0.239 e. The van der Waals surface area contributed by atoms with Gasteiger partial charge in [-0.05, 0) is 63.4 Å². The van der Waals surface area contributed by atoms with E-state index < -0.39 is 0 Å². The standard InChI is InChI=1S/C20H31N3O2/c1-15-14-22(3)20(24)16(2)23(15)12-13-25-19-6-4-17(5-7-19)18-8-10-21-11-9-18/h4-7,15-16,18,21H,8-14H2,1-3H3/t15-,16+/m0/s1. The van der Waals surface area contributed by atoms with Gasteiger partial charge in [0.1, 0.15) is 12.4 Å². The second-order valence-corrected chi connectivity index (χ2v) is 7.42. The molecular weight excluding hydrogens is 314 g/mol. The summed E-state index contributed by atoms with van der Waals surface area (Å²) in [5.41, 5.74) is 1.42. The van der Waals surface area contributed by atoms with Crippen molar-refractivity contribution in [1.29, 1.82) is 0 Å². The summed E-state index contributed by atoms with van der Waals surface area (Å²) in [6, 6.07) is 8.87. The number of rotatable bonds is 5. The van der Waals surface area contributed by atoms with Crippen molar-refractivity contribution >= 4 is 5.91 Å². The molecule has 1 aromatic rings. The average Bonchev–Trinajstić information content (AvgIpc) is 2.64. The van der Waals surface area contributed by atoms with E-state index >= 15 is 0 Å². The first-order valence-electron chi connectivity index (χ1n) is 9.50. The van der Waals surface area contributed by atoms with E-state index in [9.17, 15) is 4.79 Å². The molecule has 2 fully saturated rings. The van der Waals surface area contributed by atoms with Crippen LogP contribution in [0, 0.1) is 0 Å². The lowest BCUT2D eigenvalue weighted by atomic mass is 9.90. The summed E-state index contributed by atoms with van der Waals surface area (Å²) in [4.78, 5) is 16.2. The van der Waals surface area contributed by atoms with Crippen molar-refractivity contribution in [2.24, 2.45) is 0 Å². The molecule has 5 nitrogen and oxygen atoms in total. The molecule has 25 heavy (non-hydrogen) atoms. The molecule has 0 radical (unpaired) electrons. The molecule has 3 rings (SSSR count). The number of likely N-dealkylation sites (N-methyl/N-ethyl adjacent to an activating group) is 1. The molecule has 2 saturated heterocycles. The van der Waals surface area contributed by atoms with Crippen LogP contribution < -0.4 is 10.1 Å². The molecule has 0 aliphatic carbocycles. The first-order chi connectivity index (χ1) is 12.1. The van der Waals surface area contributed by atoms with E-state index in [2.05, 4.69) is 41.4 Å². The number of hydrogen-bond donors (Lipinski definition) is 1. The van der Waals surface area contributed by atoms with Gasteiger partial charge in [-0.25, -0.2) is 0 Å². The third-order valence-corrected chi connectivity index (χ3v) is 5.64. The Bertz CT molecular complexity index is 569. The van der Waals surface area contributed by atoms with Crippen molar-refractivity contribution < 1.29 is 9.53 Å². The maximum absolute atomic E-state index is 12.1. The second kappa shape index (κ2) is 8.19. The van der Waals surface area contributed by atoms with Gasteiger partial charge >= 0.3 is 0 Å². The van der Waals surface area contributed by atoms with Crippen molar-refractivity contribution in [3.8, 4) is 5.75 Å². The highest BCUT2D eigenvalue weighted by Gasteiger charge is 2.33. The summed E-state index contributed by atoms with van der Waals surface area (Å²) < 4.78 is 5.93. The largest absolute Gasteiger partial charge is 0.492 e. The van der Waals surface area contributed by atoms with Crippen molar-refractivity contribution in [2.45, 2.75) is 44.7 Å². The summed E-state index contributed by atoms with van der Waals surface area (Å²) in [7, 11) is 1.88. The van der Waals surface area contributed by atoms with Crippen LogP contribution in [0.15, 0.2) is 24.3 Å². The number of nitrogens with zero attached hydrogens (tertiary/aromatic N) is 2. The molecule has 1 N–H and O–H groups in total. The molecule has 0 unspecified atom stereocenters. The lowest BCUT2D eigenvalue weighted by Crippen LogP contribution is -2.59. The molecule has 138 valence electrons. The highest BCUT2D eigenvalue weighted by Crippen LogP contribution is 2.26. The van der Waals surface area contributed by atoms with Crippen LogP contribution in [0.3, 0.4) is 0 Å². The fraction of sp³-hybridized carbons (Fsp3) is 0.650. The summed E-state index contributed by atoms with van der Waals surface area (Å²) in [5, 5.41) is 3.41. The van der Waals surface area contributed by atoms with E-state index in [1.54, 1.807) is 0 Å². The van der Waals surface area contributed by atoms with Gasteiger partial charge in [-0.2, -0.15) is 0 Å². The van der Waals surface area contributed by atoms with Crippen molar-refractivity contribution in [3.63, 3.8) is 0 Å². The highest BCUT2D eigenvalue weighted by molar-refractivity contribution is 5.82. The fourth-order valence-electron chi connectivity index (χ4n) is 4.11. The van der Waals surface area contributed by atoms with Gasteiger partial charge in [0.05, 0.1) is 6.04 Å². The Labute approximate surface area is 151 Å². The van der Waals surface area contributed by atoms with Crippen LogP contribution in [0.4, 0.5) is 0 Å². The molecule has 5 heteroatoms. The maximum atomic E-state index is 12.1. The third kappa shape index (κ3) is 4.33. The second-order valence-electron chi connectivity index (χ2n) is 7.42. The SMILES string of the molecule is C[C@@H]1C(=O)N(C)C[C@H](C)N1CCOc1ccc(C2CCNCC2)cc1. The molecule has 2 atom stereocenters. The lowest BCUT2D eigenvalue weighted by molar-refractivity contribution is -0.142. The van der Waals surface area contributed by atoms with Crippen LogP contribution in [-0.2, 0) is 4.79 Å². The number of ether oxygens (including phenoxy) is 1. The zero-order chi connectivity index (χ0) is 17.8. The Hall–Kier alpha value is -1.59. The number of piperidine rings is 1. The molecule has 2 aliphatic heterocycles. The fourth-order valence-corrected chi connectivity index (χ4v) is 4.11. The number of carbonyl (C=O) groups excluding carboxylic acids is 1. The molecule has 0 spiro atoms. The van der Waals surface area contributed by atoms with Gasteiger partial charge in [0.15, 0.2) is 0 Å². The number of hydrogen-bond acceptors (Lipinski definition) is 4. The van der Waals surface area contributed by atoms with E-state index in [1.165, 1.54) is 18.4 Å². The van der Waals surface area contributed by atoms with Crippen LogP contribution in [0.1, 0.15) is 38.2 Å². The van der Waals surface area contributed by atoms with E-state index in [0.29, 0.717) is 18.6 Å². The number of carbonyl (C=O) groups is 1. The smallest absolute Gasteiger partial charge is 0.239 e. The minimum atomic E-state index is -0.0698. The van der Waals surface area contributed by atoms with Crippen molar-refractivity contribution in [2.75, 3.05) is 39.8 Å². The van der Waals surface area contributed by atoms with Crippen LogP contribution in [-0.4, -0.2) is 67.6 Å². The highest BCUT2D eigenvalue weighted by atomic mass is 16.5. The Morgan fingerprint density at radius 2 is 1.84 bits per heavy atom. The molecule has 1 amide bonds. The lowest BCUT2D eigenvalue weighted by Gasteiger charge is -2.42. The Morgan fingerprint density at radius 1 is 1.16 bits per heavy atom. The van der Waals surface area contributed by atoms with E-state index in [0.717, 1.165) is 31.9 Å². The van der Waals surface area contributed by atoms with Crippen molar-refractivity contribution in [3.05, 3.63) is 29.8 Å². The number of nitrogens with one attached hydrogen (secondary N) is 1. The molecule has 0 saturated carbocycles. The third-order valence-electron chi connectivity index (χ3n) is 5.64. The summed E-state index contributed by atoms with van der Waals surface area (Å²) in [6.07, 6.45) is 2.43. The Balaban J connectivity index is 1.49. The van der Waals surface area contributed by atoms with Gasteiger partial charge in [-0.15, -0.1) is 0 Å². The number of piperazine rings is 1. The van der Waals surface area contributed by atoms with Crippen LogP contribution in [0.5, 0.6) is 5.75 Å². The van der Waals surface area contributed by atoms with Crippen molar-refractivity contribution in [1.82, 2.24) is 15.1 Å². The minimum Gasteiger partial charge on any atom is -0.492 e. The average molecular weight is 345 g/mol. The van der Waals surface area contributed by atoms with Gasteiger partial charge in [-0.3, -0.25) is 9.69 Å². The Morgan fingerprint density at radius 3 is 2.52 bits per heavy atom. The number of amides is 1. The van der Waals surface area contributed by atoms with Crippen LogP contribution >= 0.6 is 0 Å². The zero-order valence-corrected chi connectivity index (χ0v) is 15.7. The van der Waals surface area contributed by atoms with E-state index in [1.807, 2.05) is 18.9 Å². The minimum absolute atomic E-state index is 0.0698. The van der Waals surface area contributed by atoms with Gasteiger partial charge < -0.3 is 15.0 Å². The summed E-state index contributed by atoms with van der Waals surface area (Å²) in [5.74, 6) is 1.79. The molecular formula is C20H31N3O2. The van der Waals surface area contributed by atoms with Crippen LogP contribution in [0.2, 0.25) is 0 Å². The zero-order valence-electron chi connectivity index (χ0n) is 15.7. The summed E-state index contributed by atoms with van der Waals surface area (Å²) >= 11 is 0. The van der Waals surface area contributed by atoms with Gasteiger partial charge in [-0.1, -0.05) is 12.1 Å². The first kappa shape index (κ1) is 18.2. The van der Waals surface area contributed by atoms with Gasteiger partial charge in [0, 0.05) is 26.2 Å². The molecule has 2 heterocycles. The topological polar surface area (TPSA) is 44.8 Å². The van der Waals surface area contributed by atoms with E-state index in [4.69, 9.17) is 4.74 Å². The normalized spacial score (nSPS) is 26.0. The first-order valence-corrected chi connectivity index (χ1v) is 9.50. The molecule has 0 bridgehead atoms. The molecule has 2 aliphatic rings. The van der Waals surface area contributed by atoms with Gasteiger partial charge in [0.25, 0.3) is 0 Å².